The van der Waals surface area contributed by atoms with Gasteiger partial charge in [0, 0.05) is 11.6 Å². The largest absolute Gasteiger partial charge is 0.480 e. The van der Waals surface area contributed by atoms with Crippen LogP contribution in [0, 0.1) is 10.1 Å². The molecule has 0 aliphatic carbocycles. The van der Waals surface area contributed by atoms with Crippen LogP contribution in [0.1, 0.15) is 10.4 Å². The molecule has 0 saturated carbocycles. The van der Waals surface area contributed by atoms with Crippen LogP contribution >= 0.6 is 15.9 Å². The molecule has 0 atom stereocenters. The van der Waals surface area contributed by atoms with Gasteiger partial charge in [-0.25, -0.2) is 0 Å². The summed E-state index contributed by atoms with van der Waals surface area (Å²) in [5, 5.41) is 21.1. The minimum atomic E-state index is -1.19. The minimum Gasteiger partial charge on any atom is -0.480 e. The predicted molar refractivity (Wildman–Crippen MR) is 60.8 cm³/mol. The topological polar surface area (TPSA) is 110 Å². The lowest BCUT2D eigenvalue weighted by Gasteiger charge is -2.03. The number of carboxylic acid groups (broad SMARTS) is 1. The molecule has 0 heterocycles. The van der Waals surface area contributed by atoms with E-state index in [4.69, 9.17) is 5.11 Å². The summed E-state index contributed by atoms with van der Waals surface area (Å²) in [6.07, 6.45) is 0. The number of aliphatic carboxylic acids is 1. The lowest BCUT2D eigenvalue weighted by molar-refractivity contribution is -0.385. The Morgan fingerprint density at radius 3 is 2.65 bits per heavy atom. The maximum Gasteiger partial charge on any atom is 0.322 e. The summed E-state index contributed by atoms with van der Waals surface area (Å²) in [5.41, 5.74) is -0.228. The number of carbonyl (C=O) groups is 2. The molecule has 0 unspecified atom stereocenters. The van der Waals surface area contributed by atoms with Gasteiger partial charge < -0.3 is 10.4 Å². The summed E-state index contributed by atoms with van der Waals surface area (Å²) in [6, 6.07) is 3.78. The number of nitro benzene ring substituents is 1. The number of carboxylic acids is 1. The van der Waals surface area contributed by atoms with E-state index in [-0.39, 0.29) is 15.7 Å². The Kier molecular flexibility index (Phi) is 4.16. The van der Waals surface area contributed by atoms with Crippen molar-refractivity contribution in [2.24, 2.45) is 0 Å². The van der Waals surface area contributed by atoms with E-state index < -0.39 is 23.3 Å². The number of hydrogen-bond donors (Lipinski definition) is 2. The van der Waals surface area contributed by atoms with Crippen LogP contribution in [0.3, 0.4) is 0 Å². The number of nitrogens with zero attached hydrogens (tertiary/aromatic N) is 1. The minimum absolute atomic E-state index is 0.0288. The Morgan fingerprint density at radius 1 is 1.47 bits per heavy atom. The third-order valence-electron chi connectivity index (χ3n) is 1.81. The Morgan fingerprint density at radius 2 is 2.12 bits per heavy atom. The van der Waals surface area contributed by atoms with E-state index in [1.165, 1.54) is 12.1 Å². The molecule has 1 aromatic carbocycles. The molecule has 1 aromatic rings. The van der Waals surface area contributed by atoms with Crippen LogP contribution in [-0.4, -0.2) is 28.5 Å². The van der Waals surface area contributed by atoms with Gasteiger partial charge in [0.05, 0.1) is 9.40 Å². The Balaban J connectivity index is 2.92. The molecule has 0 spiro atoms. The first-order valence-electron chi connectivity index (χ1n) is 4.35. The van der Waals surface area contributed by atoms with Gasteiger partial charge >= 0.3 is 5.97 Å². The summed E-state index contributed by atoms with van der Waals surface area (Å²) >= 11 is 2.97. The SMILES string of the molecule is O=C(O)CNC(=O)c1ccc(Br)c([N+](=O)[O-])c1. The quantitative estimate of drug-likeness (QED) is 0.641. The second-order valence-electron chi connectivity index (χ2n) is 3.00. The number of nitro groups is 1. The van der Waals surface area contributed by atoms with Crippen molar-refractivity contribution in [3.05, 3.63) is 38.3 Å². The lowest BCUT2D eigenvalue weighted by Crippen LogP contribution is -2.29. The Hall–Kier alpha value is -1.96. The highest BCUT2D eigenvalue weighted by molar-refractivity contribution is 9.10. The zero-order valence-electron chi connectivity index (χ0n) is 8.34. The van der Waals surface area contributed by atoms with Crippen LogP contribution < -0.4 is 5.32 Å². The molecule has 1 amide bonds. The summed E-state index contributed by atoms with van der Waals surface area (Å²) in [6.45, 7) is -0.539. The fourth-order valence-electron chi connectivity index (χ4n) is 1.05. The second-order valence-corrected chi connectivity index (χ2v) is 3.85. The standard InChI is InChI=1S/C9H7BrN2O5/c10-6-2-1-5(3-7(6)12(16)17)9(15)11-4-8(13)14/h1-3H,4H2,(H,11,15)(H,13,14). The maximum atomic E-state index is 11.4. The van der Waals surface area contributed by atoms with E-state index in [1.54, 1.807) is 0 Å². The number of halogens is 1. The Labute approximate surface area is 104 Å². The van der Waals surface area contributed by atoms with Crippen molar-refractivity contribution in [1.29, 1.82) is 0 Å². The molecular weight excluding hydrogens is 296 g/mol. The van der Waals surface area contributed by atoms with E-state index in [0.717, 1.165) is 6.07 Å². The maximum absolute atomic E-state index is 11.4. The summed E-state index contributed by atoms with van der Waals surface area (Å²) < 4.78 is 0.247. The summed E-state index contributed by atoms with van der Waals surface area (Å²) in [4.78, 5) is 31.6. The van der Waals surface area contributed by atoms with Crippen molar-refractivity contribution in [3.8, 4) is 0 Å². The van der Waals surface area contributed by atoms with E-state index in [0.29, 0.717) is 0 Å². The zero-order chi connectivity index (χ0) is 13.0. The van der Waals surface area contributed by atoms with Gasteiger partial charge in [0.1, 0.15) is 6.54 Å². The molecule has 0 radical (unpaired) electrons. The number of rotatable bonds is 4. The van der Waals surface area contributed by atoms with Gasteiger partial charge in [0.15, 0.2) is 0 Å². The number of nitrogens with one attached hydrogen (secondary N) is 1. The fraction of sp³-hybridized carbons (Fsp3) is 0.111. The molecular formula is C9H7BrN2O5. The van der Waals surface area contributed by atoms with Crippen LogP contribution in [0.5, 0.6) is 0 Å². The molecule has 0 bridgehead atoms. The van der Waals surface area contributed by atoms with Gasteiger partial charge in [-0.05, 0) is 28.1 Å². The average Bonchev–Trinajstić information content (AvgIpc) is 2.26. The predicted octanol–water partition coefficient (Wildman–Crippen LogP) is 1.17. The van der Waals surface area contributed by atoms with Crippen LogP contribution in [-0.2, 0) is 4.79 Å². The van der Waals surface area contributed by atoms with Gasteiger partial charge in [-0.3, -0.25) is 19.7 Å². The first-order chi connectivity index (χ1) is 7.91. The molecule has 0 fully saturated rings. The highest BCUT2D eigenvalue weighted by Gasteiger charge is 2.16. The molecule has 8 heteroatoms. The molecule has 0 saturated heterocycles. The summed E-state index contributed by atoms with van der Waals surface area (Å²) in [5.74, 6) is -1.87. The van der Waals surface area contributed by atoms with E-state index in [2.05, 4.69) is 21.2 Å². The molecule has 2 N–H and O–H groups in total. The molecule has 17 heavy (non-hydrogen) atoms. The van der Waals surface area contributed by atoms with E-state index in [1.807, 2.05) is 0 Å². The number of benzene rings is 1. The second kappa shape index (κ2) is 5.39. The lowest BCUT2D eigenvalue weighted by atomic mass is 10.2. The van der Waals surface area contributed by atoms with Crippen molar-refractivity contribution in [1.82, 2.24) is 5.32 Å². The van der Waals surface area contributed by atoms with E-state index in [9.17, 15) is 19.7 Å². The van der Waals surface area contributed by atoms with Crippen molar-refractivity contribution in [2.45, 2.75) is 0 Å². The van der Waals surface area contributed by atoms with E-state index >= 15 is 0 Å². The smallest absolute Gasteiger partial charge is 0.322 e. The van der Waals surface area contributed by atoms with Crippen LogP contribution in [0.2, 0.25) is 0 Å². The van der Waals surface area contributed by atoms with Crippen molar-refractivity contribution >= 4 is 33.5 Å². The molecule has 0 aromatic heterocycles. The average molecular weight is 303 g/mol. The number of hydrogen-bond acceptors (Lipinski definition) is 4. The van der Waals surface area contributed by atoms with Crippen LogP contribution in [0.4, 0.5) is 5.69 Å². The first-order valence-corrected chi connectivity index (χ1v) is 5.15. The van der Waals surface area contributed by atoms with Crippen LogP contribution in [0.15, 0.2) is 22.7 Å². The van der Waals surface area contributed by atoms with Gasteiger partial charge in [-0.15, -0.1) is 0 Å². The molecule has 0 aliphatic rings. The Bertz CT molecular complexity index is 488. The normalized spacial score (nSPS) is 9.71. The zero-order valence-corrected chi connectivity index (χ0v) is 9.93. The third kappa shape index (κ3) is 3.52. The van der Waals surface area contributed by atoms with Gasteiger partial charge in [-0.1, -0.05) is 0 Å². The van der Waals surface area contributed by atoms with Crippen LogP contribution in [0.25, 0.3) is 0 Å². The third-order valence-corrected chi connectivity index (χ3v) is 2.48. The highest BCUT2D eigenvalue weighted by Crippen LogP contribution is 2.25. The number of amides is 1. The molecule has 1 rings (SSSR count). The monoisotopic (exact) mass is 302 g/mol. The first kappa shape index (κ1) is 13.1. The van der Waals surface area contributed by atoms with Crippen molar-refractivity contribution in [2.75, 3.05) is 6.54 Å². The fourth-order valence-corrected chi connectivity index (χ4v) is 1.44. The van der Waals surface area contributed by atoms with Gasteiger partial charge in [-0.2, -0.15) is 0 Å². The molecule has 90 valence electrons. The summed E-state index contributed by atoms with van der Waals surface area (Å²) in [7, 11) is 0. The number of carbonyl (C=O) groups excluding carboxylic acids is 1. The highest BCUT2D eigenvalue weighted by atomic mass is 79.9. The van der Waals surface area contributed by atoms with Crippen molar-refractivity contribution in [3.63, 3.8) is 0 Å². The molecule has 7 nitrogen and oxygen atoms in total. The van der Waals surface area contributed by atoms with Gasteiger partial charge in [0.25, 0.3) is 11.6 Å². The molecule has 0 aliphatic heterocycles. The van der Waals surface area contributed by atoms with Gasteiger partial charge in [0.2, 0.25) is 0 Å². The van der Waals surface area contributed by atoms with Crippen molar-refractivity contribution < 1.29 is 19.6 Å².